The number of carbonyl (C=O) groups is 1. The van der Waals surface area contributed by atoms with Gasteiger partial charge < -0.3 is 11.1 Å². The van der Waals surface area contributed by atoms with Gasteiger partial charge in [-0.1, -0.05) is 38.0 Å². The zero-order valence-corrected chi connectivity index (χ0v) is 15.6. The van der Waals surface area contributed by atoms with E-state index in [1.807, 2.05) is 0 Å². The summed E-state index contributed by atoms with van der Waals surface area (Å²) in [5.41, 5.74) is 6.58. The van der Waals surface area contributed by atoms with Gasteiger partial charge in [0.25, 0.3) is 15.9 Å². The first-order valence-electron chi connectivity index (χ1n) is 8.65. The number of anilines is 1. The van der Waals surface area contributed by atoms with Gasteiger partial charge in [0.05, 0.1) is 4.90 Å². The zero-order chi connectivity index (χ0) is 19.0. The smallest absolute Gasteiger partial charge is 0.261 e. The molecule has 2 aromatic carbocycles. The van der Waals surface area contributed by atoms with Gasteiger partial charge in [-0.2, -0.15) is 0 Å². The molecule has 0 saturated carbocycles. The number of hydrogen-bond acceptors (Lipinski definition) is 4. The van der Waals surface area contributed by atoms with E-state index in [0.29, 0.717) is 17.8 Å². The Morgan fingerprint density at radius 3 is 2.31 bits per heavy atom. The van der Waals surface area contributed by atoms with Crippen molar-refractivity contribution < 1.29 is 13.2 Å². The van der Waals surface area contributed by atoms with E-state index in [1.165, 1.54) is 24.3 Å². The van der Waals surface area contributed by atoms with Gasteiger partial charge in [-0.15, -0.1) is 0 Å². The summed E-state index contributed by atoms with van der Waals surface area (Å²) in [7, 11) is -3.70. The monoisotopic (exact) mass is 375 g/mol. The van der Waals surface area contributed by atoms with Crippen molar-refractivity contribution in [2.45, 2.75) is 37.1 Å². The molecular formula is C19H25N3O3S. The molecule has 0 heterocycles. The normalized spacial score (nSPS) is 12.4. The molecule has 0 aliphatic rings. The summed E-state index contributed by atoms with van der Waals surface area (Å²) < 4.78 is 27.3. The Labute approximate surface area is 154 Å². The van der Waals surface area contributed by atoms with E-state index < -0.39 is 10.0 Å². The highest BCUT2D eigenvalue weighted by molar-refractivity contribution is 7.92. The highest BCUT2D eigenvalue weighted by Crippen LogP contribution is 2.16. The molecule has 0 aromatic heterocycles. The summed E-state index contributed by atoms with van der Waals surface area (Å²) >= 11 is 0. The van der Waals surface area contributed by atoms with Gasteiger partial charge in [-0.05, 0) is 42.8 Å². The number of rotatable bonds is 9. The number of sulfonamides is 1. The van der Waals surface area contributed by atoms with Crippen LogP contribution in [-0.4, -0.2) is 26.9 Å². The van der Waals surface area contributed by atoms with Gasteiger partial charge in [0.2, 0.25) is 0 Å². The van der Waals surface area contributed by atoms with E-state index >= 15 is 0 Å². The Morgan fingerprint density at radius 1 is 1.08 bits per heavy atom. The van der Waals surface area contributed by atoms with Gasteiger partial charge >= 0.3 is 0 Å². The summed E-state index contributed by atoms with van der Waals surface area (Å²) in [6, 6.07) is 14.4. The lowest BCUT2D eigenvalue weighted by Crippen LogP contribution is -2.40. The molecule has 0 spiro atoms. The molecule has 0 radical (unpaired) electrons. The third-order valence-corrected chi connectivity index (χ3v) is 5.38. The van der Waals surface area contributed by atoms with Crippen molar-refractivity contribution >= 4 is 21.6 Å². The average molecular weight is 375 g/mol. The molecule has 0 bridgehead atoms. The van der Waals surface area contributed by atoms with Crippen LogP contribution in [0.25, 0.3) is 0 Å². The Balaban J connectivity index is 2.06. The lowest BCUT2D eigenvalue weighted by molar-refractivity contribution is 0.0935. The number of carbonyl (C=O) groups excluding carboxylic acids is 1. The lowest BCUT2D eigenvalue weighted by Gasteiger charge is -2.16. The van der Waals surface area contributed by atoms with Gasteiger partial charge in [0.15, 0.2) is 0 Å². The maximum absolute atomic E-state index is 12.4. The highest BCUT2D eigenvalue weighted by atomic mass is 32.2. The van der Waals surface area contributed by atoms with Crippen molar-refractivity contribution in [2.75, 3.05) is 11.3 Å². The van der Waals surface area contributed by atoms with Crippen LogP contribution < -0.4 is 15.8 Å². The molecule has 2 rings (SSSR count). The fourth-order valence-corrected chi connectivity index (χ4v) is 3.53. The second kappa shape index (κ2) is 9.35. The number of unbranched alkanes of at least 4 members (excludes halogenated alkanes) is 1. The van der Waals surface area contributed by atoms with Crippen LogP contribution in [0.5, 0.6) is 0 Å². The van der Waals surface area contributed by atoms with E-state index in [0.717, 1.165) is 19.3 Å². The lowest BCUT2D eigenvalue weighted by atomic mass is 10.1. The van der Waals surface area contributed by atoms with Crippen LogP contribution in [0.2, 0.25) is 0 Å². The first kappa shape index (κ1) is 19.9. The molecule has 1 amide bonds. The summed E-state index contributed by atoms with van der Waals surface area (Å²) in [5.74, 6) is -0.253. The van der Waals surface area contributed by atoms with Crippen molar-refractivity contribution in [3.05, 3.63) is 60.2 Å². The molecule has 0 aliphatic carbocycles. The number of nitrogens with two attached hydrogens (primary N) is 1. The topological polar surface area (TPSA) is 101 Å². The number of nitrogens with one attached hydrogen (secondary N) is 2. The summed E-state index contributed by atoms with van der Waals surface area (Å²) in [6.45, 7) is 2.46. The number of para-hydroxylation sites is 1. The van der Waals surface area contributed by atoms with Gasteiger partial charge in [0, 0.05) is 23.8 Å². The molecule has 2 aromatic rings. The summed E-state index contributed by atoms with van der Waals surface area (Å²) in [6.07, 6.45) is 2.85. The van der Waals surface area contributed by atoms with E-state index in [1.54, 1.807) is 30.3 Å². The van der Waals surface area contributed by atoms with Crippen molar-refractivity contribution in [3.63, 3.8) is 0 Å². The number of amides is 1. The quantitative estimate of drug-likeness (QED) is 0.627. The maximum atomic E-state index is 12.4. The summed E-state index contributed by atoms with van der Waals surface area (Å²) in [5, 5.41) is 2.89. The molecule has 7 heteroatoms. The number of benzene rings is 2. The van der Waals surface area contributed by atoms with Crippen molar-refractivity contribution in [3.8, 4) is 0 Å². The van der Waals surface area contributed by atoms with Crippen LogP contribution in [0.1, 0.15) is 36.5 Å². The largest absolute Gasteiger partial charge is 0.348 e. The fourth-order valence-electron chi connectivity index (χ4n) is 2.47. The SMILES string of the molecule is CCCCC(CN)NC(=O)c1ccc(S(=O)(=O)Nc2ccccc2)cc1. The molecule has 0 fully saturated rings. The average Bonchev–Trinajstić information content (AvgIpc) is 2.65. The van der Waals surface area contributed by atoms with Crippen molar-refractivity contribution in [1.82, 2.24) is 5.32 Å². The van der Waals surface area contributed by atoms with Crippen LogP contribution in [0.3, 0.4) is 0 Å². The van der Waals surface area contributed by atoms with Crippen LogP contribution in [-0.2, 0) is 10.0 Å². The van der Waals surface area contributed by atoms with E-state index in [9.17, 15) is 13.2 Å². The second-order valence-electron chi connectivity index (χ2n) is 6.04. The Morgan fingerprint density at radius 2 is 1.73 bits per heavy atom. The predicted octanol–water partition coefficient (Wildman–Crippen LogP) is 2.73. The van der Waals surface area contributed by atoms with Crippen LogP contribution in [0, 0.1) is 0 Å². The molecule has 1 unspecified atom stereocenters. The second-order valence-corrected chi connectivity index (χ2v) is 7.73. The molecule has 26 heavy (non-hydrogen) atoms. The zero-order valence-electron chi connectivity index (χ0n) is 14.8. The first-order chi connectivity index (χ1) is 12.5. The maximum Gasteiger partial charge on any atom is 0.261 e. The standard InChI is InChI=1S/C19H25N3O3S/c1-2-3-7-17(14-20)21-19(23)15-10-12-18(13-11-15)26(24,25)22-16-8-5-4-6-9-16/h4-6,8-13,17,22H,2-3,7,14,20H2,1H3,(H,21,23). The predicted molar refractivity (Wildman–Crippen MR) is 104 cm³/mol. The third kappa shape index (κ3) is 5.57. The molecule has 1 atom stereocenters. The van der Waals surface area contributed by atoms with Crippen molar-refractivity contribution in [2.24, 2.45) is 5.73 Å². The molecule has 0 saturated heterocycles. The first-order valence-corrected chi connectivity index (χ1v) is 10.1. The highest BCUT2D eigenvalue weighted by Gasteiger charge is 2.16. The minimum atomic E-state index is -3.70. The Kier molecular flexibility index (Phi) is 7.17. The molecule has 6 nitrogen and oxygen atoms in total. The number of hydrogen-bond donors (Lipinski definition) is 3. The minimum Gasteiger partial charge on any atom is -0.348 e. The van der Waals surface area contributed by atoms with Crippen LogP contribution >= 0.6 is 0 Å². The Bertz CT molecular complexity index is 806. The van der Waals surface area contributed by atoms with Gasteiger partial charge in [-0.3, -0.25) is 9.52 Å². The summed E-state index contributed by atoms with van der Waals surface area (Å²) in [4.78, 5) is 12.4. The fraction of sp³-hybridized carbons (Fsp3) is 0.316. The van der Waals surface area contributed by atoms with Crippen LogP contribution in [0.4, 0.5) is 5.69 Å². The Hall–Kier alpha value is -2.38. The third-order valence-electron chi connectivity index (χ3n) is 3.98. The van der Waals surface area contributed by atoms with Crippen LogP contribution in [0.15, 0.2) is 59.5 Å². The van der Waals surface area contributed by atoms with Gasteiger partial charge in [-0.25, -0.2) is 8.42 Å². The molecular weight excluding hydrogens is 350 g/mol. The van der Waals surface area contributed by atoms with E-state index in [4.69, 9.17) is 5.73 Å². The minimum absolute atomic E-state index is 0.0781. The molecule has 140 valence electrons. The molecule has 0 aliphatic heterocycles. The van der Waals surface area contributed by atoms with Gasteiger partial charge in [0.1, 0.15) is 0 Å². The van der Waals surface area contributed by atoms with Crippen molar-refractivity contribution in [1.29, 1.82) is 0 Å². The molecule has 4 N–H and O–H groups in total. The van der Waals surface area contributed by atoms with E-state index in [-0.39, 0.29) is 16.8 Å². The van der Waals surface area contributed by atoms with E-state index in [2.05, 4.69) is 17.0 Å².